The van der Waals surface area contributed by atoms with Crippen molar-refractivity contribution in [3.05, 3.63) is 70.8 Å². The number of aromatic carboxylic acids is 1. The molecule has 0 saturated carbocycles. The lowest BCUT2D eigenvalue weighted by molar-refractivity contribution is 0.0303. The zero-order valence-corrected chi connectivity index (χ0v) is 13.6. The fraction of sp³-hybridized carbons (Fsp3) is 0.200. The lowest BCUT2D eigenvalue weighted by Gasteiger charge is -2.26. The molecule has 0 unspecified atom stereocenters. The van der Waals surface area contributed by atoms with E-state index in [-0.39, 0.29) is 11.5 Å². The van der Waals surface area contributed by atoms with E-state index in [1.54, 1.807) is 35.2 Å². The van der Waals surface area contributed by atoms with Gasteiger partial charge in [-0.2, -0.15) is 0 Å². The molecule has 3 rings (SSSR count). The van der Waals surface area contributed by atoms with Crippen molar-refractivity contribution in [1.82, 2.24) is 4.90 Å². The molecule has 0 bridgehead atoms. The van der Waals surface area contributed by atoms with Gasteiger partial charge < -0.3 is 14.7 Å². The van der Waals surface area contributed by atoms with Crippen LogP contribution in [-0.4, -0.2) is 48.2 Å². The Morgan fingerprint density at radius 2 is 1.48 bits per heavy atom. The summed E-state index contributed by atoms with van der Waals surface area (Å²) in [6.45, 7) is 2.31. The summed E-state index contributed by atoms with van der Waals surface area (Å²) < 4.78 is 5.27. The van der Waals surface area contributed by atoms with E-state index in [4.69, 9.17) is 9.84 Å². The molecule has 5 heteroatoms. The van der Waals surface area contributed by atoms with E-state index in [1.165, 1.54) is 12.1 Å². The standard InChI is InChI=1S/C20H17NO4/c22-19(21-9-11-25-12-10-21)17-5-1-3-15(13-17)7-8-16-4-2-6-18(14-16)20(23)24/h1-6,13-14H,9-12H2,(H,23,24). The fourth-order valence-corrected chi connectivity index (χ4v) is 2.55. The summed E-state index contributed by atoms with van der Waals surface area (Å²) >= 11 is 0. The maximum absolute atomic E-state index is 12.5. The largest absolute Gasteiger partial charge is 0.478 e. The van der Waals surface area contributed by atoms with Gasteiger partial charge in [-0.05, 0) is 36.4 Å². The van der Waals surface area contributed by atoms with Gasteiger partial charge in [0.25, 0.3) is 5.91 Å². The molecule has 0 aliphatic carbocycles. The Bertz CT molecular complexity index is 857. The Hall–Kier alpha value is -3.10. The number of carboxylic acid groups (broad SMARTS) is 1. The first-order chi connectivity index (χ1) is 12.1. The van der Waals surface area contributed by atoms with Gasteiger partial charge >= 0.3 is 5.97 Å². The van der Waals surface area contributed by atoms with Crippen molar-refractivity contribution in [3.8, 4) is 11.8 Å². The maximum atomic E-state index is 12.5. The number of ether oxygens (including phenoxy) is 1. The molecular weight excluding hydrogens is 318 g/mol. The van der Waals surface area contributed by atoms with Crippen molar-refractivity contribution in [3.63, 3.8) is 0 Å². The number of carboxylic acids is 1. The molecule has 0 aromatic heterocycles. The van der Waals surface area contributed by atoms with E-state index in [2.05, 4.69) is 11.8 Å². The van der Waals surface area contributed by atoms with Gasteiger partial charge in [-0.3, -0.25) is 4.79 Å². The summed E-state index contributed by atoms with van der Waals surface area (Å²) in [6.07, 6.45) is 0. The maximum Gasteiger partial charge on any atom is 0.335 e. The van der Waals surface area contributed by atoms with Crippen LogP contribution in [0.5, 0.6) is 0 Å². The van der Waals surface area contributed by atoms with Crippen LogP contribution in [0.4, 0.5) is 0 Å². The number of hydrogen-bond donors (Lipinski definition) is 1. The van der Waals surface area contributed by atoms with Crippen molar-refractivity contribution in [2.24, 2.45) is 0 Å². The van der Waals surface area contributed by atoms with Crippen LogP contribution in [0.2, 0.25) is 0 Å². The van der Waals surface area contributed by atoms with Crippen LogP contribution >= 0.6 is 0 Å². The number of amides is 1. The van der Waals surface area contributed by atoms with Crippen LogP contribution < -0.4 is 0 Å². The van der Waals surface area contributed by atoms with Crippen molar-refractivity contribution < 1.29 is 19.4 Å². The topological polar surface area (TPSA) is 66.8 Å². The molecule has 1 fully saturated rings. The molecule has 5 nitrogen and oxygen atoms in total. The molecule has 126 valence electrons. The summed E-state index contributed by atoms with van der Waals surface area (Å²) in [5.41, 5.74) is 2.11. The lowest BCUT2D eigenvalue weighted by atomic mass is 10.1. The number of rotatable bonds is 2. The Kier molecular flexibility index (Phi) is 5.12. The third-order valence-electron chi connectivity index (χ3n) is 3.87. The summed E-state index contributed by atoms with van der Waals surface area (Å²) in [5.74, 6) is 4.92. The highest BCUT2D eigenvalue weighted by Crippen LogP contribution is 2.10. The molecule has 1 aliphatic rings. The summed E-state index contributed by atoms with van der Waals surface area (Å²) in [6, 6.07) is 13.6. The third kappa shape index (κ3) is 4.25. The first-order valence-corrected chi connectivity index (χ1v) is 7.96. The van der Waals surface area contributed by atoms with Gasteiger partial charge in [0.15, 0.2) is 0 Å². The van der Waals surface area contributed by atoms with Crippen LogP contribution in [0.25, 0.3) is 0 Å². The zero-order valence-electron chi connectivity index (χ0n) is 13.6. The average molecular weight is 335 g/mol. The Morgan fingerprint density at radius 1 is 0.920 bits per heavy atom. The number of benzene rings is 2. The van der Waals surface area contributed by atoms with E-state index < -0.39 is 5.97 Å². The van der Waals surface area contributed by atoms with Gasteiger partial charge in [0.1, 0.15) is 0 Å². The molecule has 25 heavy (non-hydrogen) atoms. The van der Waals surface area contributed by atoms with Gasteiger partial charge in [0.05, 0.1) is 18.8 Å². The molecule has 2 aromatic carbocycles. The van der Waals surface area contributed by atoms with E-state index >= 15 is 0 Å². The lowest BCUT2D eigenvalue weighted by Crippen LogP contribution is -2.40. The molecule has 1 N–H and O–H groups in total. The number of nitrogens with zero attached hydrogens (tertiary/aromatic N) is 1. The first kappa shape index (κ1) is 16.7. The molecule has 1 aliphatic heterocycles. The molecular formula is C20H17NO4. The number of carbonyl (C=O) groups is 2. The zero-order chi connectivity index (χ0) is 17.6. The second-order valence-corrected chi connectivity index (χ2v) is 5.62. The molecule has 0 atom stereocenters. The van der Waals surface area contributed by atoms with Crippen molar-refractivity contribution >= 4 is 11.9 Å². The monoisotopic (exact) mass is 335 g/mol. The van der Waals surface area contributed by atoms with E-state index in [9.17, 15) is 9.59 Å². The van der Waals surface area contributed by atoms with E-state index in [0.29, 0.717) is 43.0 Å². The Balaban J connectivity index is 1.79. The third-order valence-corrected chi connectivity index (χ3v) is 3.87. The summed E-state index contributed by atoms with van der Waals surface area (Å²) in [4.78, 5) is 25.3. The average Bonchev–Trinajstić information content (AvgIpc) is 2.67. The van der Waals surface area contributed by atoms with Gasteiger partial charge in [-0.25, -0.2) is 4.79 Å². The van der Waals surface area contributed by atoms with Gasteiger partial charge in [0.2, 0.25) is 0 Å². The molecule has 0 spiro atoms. The van der Waals surface area contributed by atoms with E-state index in [0.717, 1.165) is 0 Å². The second-order valence-electron chi connectivity index (χ2n) is 5.62. The van der Waals surface area contributed by atoms with Crippen LogP contribution in [0.15, 0.2) is 48.5 Å². The Morgan fingerprint density at radius 3 is 2.08 bits per heavy atom. The minimum atomic E-state index is -0.984. The predicted molar refractivity (Wildman–Crippen MR) is 92.5 cm³/mol. The van der Waals surface area contributed by atoms with E-state index in [1.807, 2.05) is 6.07 Å². The smallest absolute Gasteiger partial charge is 0.335 e. The van der Waals surface area contributed by atoms with Crippen molar-refractivity contribution in [2.75, 3.05) is 26.3 Å². The molecule has 1 saturated heterocycles. The Labute approximate surface area is 145 Å². The first-order valence-electron chi connectivity index (χ1n) is 7.96. The van der Waals surface area contributed by atoms with Crippen molar-refractivity contribution in [2.45, 2.75) is 0 Å². The minimum Gasteiger partial charge on any atom is -0.478 e. The second kappa shape index (κ2) is 7.65. The van der Waals surface area contributed by atoms with Crippen LogP contribution in [0.1, 0.15) is 31.8 Å². The van der Waals surface area contributed by atoms with Crippen LogP contribution in [0.3, 0.4) is 0 Å². The SMILES string of the molecule is O=C(O)c1cccc(C#Cc2cccc(C(=O)N3CCOCC3)c2)c1. The van der Waals surface area contributed by atoms with Crippen LogP contribution in [0, 0.1) is 11.8 Å². The fourth-order valence-electron chi connectivity index (χ4n) is 2.55. The normalized spacial score (nSPS) is 13.7. The molecule has 1 amide bonds. The van der Waals surface area contributed by atoms with Gasteiger partial charge in [-0.15, -0.1) is 0 Å². The van der Waals surface area contributed by atoms with Crippen LogP contribution in [-0.2, 0) is 4.74 Å². The highest BCUT2D eigenvalue weighted by molar-refractivity contribution is 5.94. The van der Waals surface area contributed by atoms with Crippen molar-refractivity contribution in [1.29, 1.82) is 0 Å². The van der Waals surface area contributed by atoms with Gasteiger partial charge in [0, 0.05) is 29.8 Å². The summed E-state index contributed by atoms with van der Waals surface area (Å²) in [5, 5.41) is 9.02. The summed E-state index contributed by atoms with van der Waals surface area (Å²) in [7, 11) is 0. The minimum absolute atomic E-state index is 0.0279. The predicted octanol–water partition coefficient (Wildman–Crippen LogP) is 2.26. The highest BCUT2D eigenvalue weighted by Gasteiger charge is 2.18. The number of morpholine rings is 1. The number of hydrogen-bond acceptors (Lipinski definition) is 3. The molecule has 1 heterocycles. The highest BCUT2D eigenvalue weighted by atomic mass is 16.5. The molecule has 0 radical (unpaired) electrons. The number of carbonyl (C=O) groups excluding carboxylic acids is 1. The van der Waals surface area contributed by atoms with Gasteiger partial charge in [-0.1, -0.05) is 24.0 Å². The molecule has 2 aromatic rings. The quantitative estimate of drug-likeness (QED) is 0.855.